The Kier molecular flexibility index (Phi) is 6.39. The molecule has 0 spiro atoms. The van der Waals surface area contributed by atoms with E-state index in [2.05, 4.69) is 4.72 Å². The van der Waals surface area contributed by atoms with Crippen molar-refractivity contribution in [2.24, 2.45) is 7.05 Å². The molecule has 0 unspecified atom stereocenters. The molecule has 0 aliphatic rings. The van der Waals surface area contributed by atoms with E-state index in [1.165, 1.54) is 16.7 Å². The van der Waals surface area contributed by atoms with Crippen LogP contribution in [0.2, 0.25) is 0 Å². The first-order valence-electron chi connectivity index (χ1n) is 10.8. The average Bonchev–Trinajstić information content (AvgIpc) is 2.79. The minimum atomic E-state index is -3.67. The first-order chi connectivity index (χ1) is 16.2. The summed E-state index contributed by atoms with van der Waals surface area (Å²) >= 11 is 0. The predicted octanol–water partition coefficient (Wildman–Crippen LogP) is 5.52. The highest BCUT2D eigenvalue weighted by atomic mass is 32.2. The van der Waals surface area contributed by atoms with Crippen LogP contribution in [0.25, 0.3) is 21.9 Å². The molecule has 0 amide bonds. The number of allylic oxidation sites excluding steroid dienone is 1. The Hall–Kier alpha value is -3.71. The molecule has 174 valence electrons. The molecule has 0 saturated heterocycles. The fourth-order valence-corrected chi connectivity index (χ4v) is 4.94. The number of fused-ring (bicyclic) bond motifs is 1. The molecule has 0 aliphatic heterocycles. The Morgan fingerprint density at radius 1 is 0.971 bits per heavy atom. The largest absolute Gasteiger partial charge is 0.317 e. The number of nitrogens with zero attached hydrogens (tertiary/aromatic N) is 1. The lowest BCUT2D eigenvalue weighted by Gasteiger charge is -2.16. The number of aryl methyl sites for hydroxylation is 2. The van der Waals surface area contributed by atoms with Crippen LogP contribution in [-0.2, 0) is 23.5 Å². The van der Waals surface area contributed by atoms with Crippen LogP contribution in [0.1, 0.15) is 23.6 Å². The molecule has 0 bridgehead atoms. The number of hydrogen-bond donors (Lipinski definition) is 1. The minimum Gasteiger partial charge on any atom is -0.317 e. The first-order valence-corrected chi connectivity index (χ1v) is 12.4. The zero-order valence-corrected chi connectivity index (χ0v) is 20.0. The molecular formula is C27H25FN2O3S. The zero-order valence-electron chi connectivity index (χ0n) is 19.2. The maximum atomic E-state index is 14.7. The van der Waals surface area contributed by atoms with Crippen molar-refractivity contribution >= 4 is 26.5 Å². The second-order valence-corrected chi connectivity index (χ2v) is 9.83. The molecule has 7 heteroatoms. The molecule has 0 radical (unpaired) electrons. The number of hydrogen-bond acceptors (Lipinski definition) is 3. The van der Waals surface area contributed by atoms with Gasteiger partial charge in [-0.05, 0) is 65.8 Å². The Labute approximate surface area is 198 Å². The summed E-state index contributed by atoms with van der Waals surface area (Å²) in [4.78, 5) is 12.7. The molecule has 4 rings (SSSR count). The summed E-state index contributed by atoms with van der Waals surface area (Å²) < 4.78 is 43.4. The summed E-state index contributed by atoms with van der Waals surface area (Å²) in [6.45, 7) is 3.46. The minimum absolute atomic E-state index is 0.129. The normalized spacial score (nSPS) is 11.9. The Morgan fingerprint density at radius 3 is 2.38 bits per heavy atom. The maximum absolute atomic E-state index is 14.7. The van der Waals surface area contributed by atoms with Crippen LogP contribution in [0.5, 0.6) is 0 Å². The van der Waals surface area contributed by atoms with Crippen LogP contribution in [0.4, 0.5) is 10.1 Å². The number of halogens is 1. The van der Waals surface area contributed by atoms with Gasteiger partial charge in [-0.25, -0.2) is 12.8 Å². The smallest absolute Gasteiger partial charge is 0.258 e. The van der Waals surface area contributed by atoms with E-state index in [0.717, 1.165) is 27.5 Å². The highest BCUT2D eigenvalue weighted by Gasteiger charge is 2.16. The third-order valence-corrected chi connectivity index (χ3v) is 6.81. The summed E-state index contributed by atoms with van der Waals surface area (Å²) in [5, 5.41) is 2.38. The summed E-state index contributed by atoms with van der Waals surface area (Å²) in [6, 6.07) is 17.6. The number of sulfonamides is 1. The second-order valence-electron chi connectivity index (χ2n) is 8.26. The van der Waals surface area contributed by atoms with Gasteiger partial charge in [0.15, 0.2) is 0 Å². The van der Waals surface area contributed by atoms with Crippen molar-refractivity contribution < 1.29 is 12.8 Å². The van der Waals surface area contributed by atoms with Gasteiger partial charge in [0.05, 0.1) is 0 Å². The van der Waals surface area contributed by atoms with E-state index in [0.29, 0.717) is 28.6 Å². The topological polar surface area (TPSA) is 68.2 Å². The van der Waals surface area contributed by atoms with Crippen molar-refractivity contribution in [2.45, 2.75) is 20.3 Å². The van der Waals surface area contributed by atoms with Gasteiger partial charge in [-0.15, -0.1) is 0 Å². The lowest BCUT2D eigenvalue weighted by atomic mass is 9.92. The number of anilines is 1. The SMILES string of the molecule is C/C=C/S(=O)(=O)Nc1ccc(Cc2ccc(C)cc2F)c(-c2cn(C)c(=O)c3ccccc23)c1. The van der Waals surface area contributed by atoms with Crippen LogP contribution in [0, 0.1) is 12.7 Å². The summed E-state index contributed by atoms with van der Waals surface area (Å²) in [5.74, 6) is -0.297. The number of benzene rings is 3. The maximum Gasteiger partial charge on any atom is 0.258 e. The number of aromatic nitrogens is 1. The van der Waals surface area contributed by atoms with Gasteiger partial charge in [0.1, 0.15) is 5.82 Å². The van der Waals surface area contributed by atoms with E-state index in [9.17, 15) is 17.6 Å². The zero-order chi connectivity index (χ0) is 24.5. The van der Waals surface area contributed by atoms with E-state index in [-0.39, 0.29) is 11.4 Å². The third-order valence-electron chi connectivity index (χ3n) is 5.66. The Balaban J connectivity index is 1.95. The van der Waals surface area contributed by atoms with E-state index < -0.39 is 10.0 Å². The van der Waals surface area contributed by atoms with Crippen LogP contribution in [0.3, 0.4) is 0 Å². The molecule has 1 heterocycles. The average molecular weight is 477 g/mol. The van der Waals surface area contributed by atoms with Crippen LogP contribution < -0.4 is 10.3 Å². The third kappa shape index (κ3) is 4.79. The highest BCUT2D eigenvalue weighted by molar-refractivity contribution is 7.95. The molecule has 0 aliphatic carbocycles. The first kappa shape index (κ1) is 23.4. The molecule has 34 heavy (non-hydrogen) atoms. The van der Waals surface area contributed by atoms with Gasteiger partial charge in [-0.3, -0.25) is 9.52 Å². The molecule has 1 aromatic heterocycles. The molecule has 1 N–H and O–H groups in total. The summed E-state index contributed by atoms with van der Waals surface area (Å²) in [6.07, 6.45) is 3.48. The van der Waals surface area contributed by atoms with Crippen molar-refractivity contribution in [2.75, 3.05) is 4.72 Å². The molecule has 3 aromatic carbocycles. The Bertz CT molecular complexity index is 1590. The predicted molar refractivity (Wildman–Crippen MR) is 136 cm³/mol. The van der Waals surface area contributed by atoms with E-state index >= 15 is 0 Å². The number of nitrogens with one attached hydrogen (secondary N) is 1. The van der Waals surface area contributed by atoms with Gasteiger partial charge in [0.2, 0.25) is 0 Å². The van der Waals surface area contributed by atoms with Crippen LogP contribution in [-0.4, -0.2) is 13.0 Å². The fraction of sp³-hybridized carbons (Fsp3) is 0.148. The molecule has 5 nitrogen and oxygen atoms in total. The van der Waals surface area contributed by atoms with Crippen molar-refractivity contribution in [3.05, 3.63) is 111 Å². The van der Waals surface area contributed by atoms with Crippen molar-refractivity contribution in [3.8, 4) is 11.1 Å². The van der Waals surface area contributed by atoms with Crippen molar-refractivity contribution in [1.29, 1.82) is 0 Å². The van der Waals surface area contributed by atoms with Gasteiger partial charge in [-0.1, -0.05) is 42.5 Å². The van der Waals surface area contributed by atoms with Gasteiger partial charge in [0.25, 0.3) is 15.6 Å². The summed E-state index contributed by atoms with van der Waals surface area (Å²) in [5.41, 5.74) is 3.89. The lowest BCUT2D eigenvalue weighted by molar-refractivity contribution is 0.609. The van der Waals surface area contributed by atoms with Gasteiger partial charge < -0.3 is 4.57 Å². The second kappa shape index (κ2) is 9.27. The molecule has 0 atom stereocenters. The van der Waals surface area contributed by atoms with E-state index in [1.807, 2.05) is 25.1 Å². The van der Waals surface area contributed by atoms with Crippen molar-refractivity contribution in [1.82, 2.24) is 4.57 Å². The lowest BCUT2D eigenvalue weighted by Crippen LogP contribution is -2.16. The van der Waals surface area contributed by atoms with Crippen LogP contribution >= 0.6 is 0 Å². The van der Waals surface area contributed by atoms with Crippen LogP contribution in [0.15, 0.2) is 83.1 Å². The van der Waals surface area contributed by atoms with E-state index in [4.69, 9.17) is 0 Å². The van der Waals surface area contributed by atoms with E-state index in [1.54, 1.807) is 56.6 Å². The highest BCUT2D eigenvalue weighted by Crippen LogP contribution is 2.33. The standard InChI is InChI=1S/C27H25FN2O3S/c1-4-13-34(32,33)29-21-12-11-19(15-20-10-9-18(2)14-26(20)28)24(16-21)25-17-30(3)27(31)23-8-6-5-7-22(23)25/h4-14,16-17,29H,15H2,1-3H3/b13-4+. The Morgan fingerprint density at radius 2 is 1.68 bits per heavy atom. The van der Waals surface area contributed by atoms with Gasteiger partial charge >= 0.3 is 0 Å². The number of rotatable bonds is 6. The van der Waals surface area contributed by atoms with Crippen molar-refractivity contribution in [3.63, 3.8) is 0 Å². The molecule has 4 aromatic rings. The monoisotopic (exact) mass is 476 g/mol. The molecule has 0 saturated carbocycles. The summed E-state index contributed by atoms with van der Waals surface area (Å²) in [7, 11) is -1.99. The number of pyridine rings is 1. The molecular weight excluding hydrogens is 451 g/mol. The molecule has 0 fully saturated rings. The fourth-order valence-electron chi connectivity index (χ4n) is 4.05. The van der Waals surface area contributed by atoms with Gasteiger partial charge in [0, 0.05) is 41.7 Å². The van der Waals surface area contributed by atoms with Gasteiger partial charge in [-0.2, -0.15) is 0 Å². The quantitative estimate of drug-likeness (QED) is 0.398.